The Kier molecular flexibility index (Phi) is 5.38. The van der Waals surface area contributed by atoms with Crippen molar-refractivity contribution in [2.24, 2.45) is 0 Å². The number of hydrogen-bond acceptors (Lipinski definition) is 5. The molecule has 0 spiro atoms. The summed E-state index contributed by atoms with van der Waals surface area (Å²) in [6.45, 7) is 0. The van der Waals surface area contributed by atoms with Gasteiger partial charge in [-0.1, -0.05) is 23.7 Å². The topological polar surface area (TPSA) is 57.7 Å². The molecular formula is C16H14ClNO4. The first-order valence-electron chi connectivity index (χ1n) is 6.34. The number of hydrogen-bond donors (Lipinski definition) is 0. The Morgan fingerprint density at radius 1 is 1.14 bits per heavy atom. The molecule has 0 fully saturated rings. The third-order valence-corrected chi connectivity index (χ3v) is 2.98. The third kappa shape index (κ3) is 3.99. The second-order valence-electron chi connectivity index (χ2n) is 4.23. The van der Waals surface area contributed by atoms with Crippen LogP contribution in [0.15, 0.2) is 54.7 Å². The van der Waals surface area contributed by atoms with Crippen LogP contribution in [0.1, 0.15) is 0 Å². The van der Waals surface area contributed by atoms with Gasteiger partial charge < -0.3 is 14.2 Å². The lowest BCUT2D eigenvalue weighted by Crippen LogP contribution is -2.11. The van der Waals surface area contributed by atoms with E-state index in [0.717, 1.165) is 11.1 Å². The summed E-state index contributed by atoms with van der Waals surface area (Å²) in [5, 5.41) is 0.653. The molecule has 0 amide bonds. The average molecular weight is 320 g/mol. The highest BCUT2D eigenvalue weighted by Gasteiger charge is 2.13. The summed E-state index contributed by atoms with van der Waals surface area (Å²) >= 11 is 5.87. The Morgan fingerprint density at radius 3 is 2.50 bits per heavy atom. The van der Waals surface area contributed by atoms with Crippen LogP contribution >= 0.6 is 11.6 Å². The Balaban J connectivity index is 2.26. The molecule has 0 atom stereocenters. The molecule has 0 unspecified atom stereocenters. The summed E-state index contributed by atoms with van der Waals surface area (Å²) in [6, 6.07) is 9.07. The predicted molar refractivity (Wildman–Crippen MR) is 82.4 cm³/mol. The average Bonchev–Trinajstić information content (AvgIpc) is 2.54. The summed E-state index contributed by atoms with van der Waals surface area (Å²) in [7, 11) is 2.67. The number of ether oxygens (including phenoxy) is 3. The first-order chi connectivity index (χ1) is 10.6. The van der Waals surface area contributed by atoms with Crippen LogP contribution < -0.4 is 4.74 Å². The molecule has 2 aromatic rings. The predicted octanol–water partition coefficient (Wildman–Crippen LogP) is 3.44. The molecule has 0 saturated heterocycles. The number of nitrogens with zero attached hydrogens (tertiary/aromatic N) is 1. The molecule has 6 heteroatoms. The van der Waals surface area contributed by atoms with Gasteiger partial charge in [0, 0.05) is 16.8 Å². The lowest BCUT2D eigenvalue weighted by atomic mass is 10.1. The zero-order valence-electron chi connectivity index (χ0n) is 12.1. The monoisotopic (exact) mass is 319 g/mol. The van der Waals surface area contributed by atoms with Gasteiger partial charge in [0.25, 0.3) is 0 Å². The molecule has 0 N–H and O–H groups in total. The van der Waals surface area contributed by atoms with Gasteiger partial charge in [0.05, 0.1) is 20.4 Å². The zero-order valence-corrected chi connectivity index (χ0v) is 12.8. The second-order valence-corrected chi connectivity index (χ2v) is 4.66. The lowest BCUT2D eigenvalue weighted by Gasteiger charge is -2.09. The minimum atomic E-state index is -0.640. The highest BCUT2D eigenvalue weighted by Crippen LogP contribution is 2.25. The Bertz CT molecular complexity index is 683. The number of esters is 1. The fraction of sp³-hybridized carbons (Fsp3) is 0.125. The van der Waals surface area contributed by atoms with Gasteiger partial charge >= 0.3 is 5.97 Å². The van der Waals surface area contributed by atoms with Gasteiger partial charge in [-0.3, -0.25) is 4.98 Å². The van der Waals surface area contributed by atoms with Gasteiger partial charge in [-0.25, -0.2) is 4.79 Å². The molecule has 0 saturated carbocycles. The Labute approximate surface area is 133 Å². The van der Waals surface area contributed by atoms with E-state index in [1.54, 1.807) is 24.4 Å². The van der Waals surface area contributed by atoms with Crippen molar-refractivity contribution in [2.45, 2.75) is 0 Å². The van der Waals surface area contributed by atoms with Gasteiger partial charge in [0.1, 0.15) is 12.0 Å². The van der Waals surface area contributed by atoms with E-state index < -0.39 is 5.97 Å². The van der Waals surface area contributed by atoms with Crippen molar-refractivity contribution in [1.29, 1.82) is 0 Å². The zero-order chi connectivity index (χ0) is 15.9. The Morgan fingerprint density at radius 2 is 1.86 bits per heavy atom. The number of carbonyl (C=O) groups is 1. The van der Waals surface area contributed by atoms with E-state index in [2.05, 4.69) is 9.72 Å². The fourth-order valence-electron chi connectivity index (χ4n) is 1.72. The molecule has 0 radical (unpaired) electrons. The summed E-state index contributed by atoms with van der Waals surface area (Å²) in [5.41, 5.74) is 1.76. The summed E-state index contributed by atoms with van der Waals surface area (Å²) in [5.74, 6) is -0.319. The smallest absolute Gasteiger partial charge is 0.377 e. The maximum Gasteiger partial charge on any atom is 0.377 e. The van der Waals surface area contributed by atoms with E-state index in [-0.39, 0.29) is 5.76 Å². The fourth-order valence-corrected chi connectivity index (χ4v) is 1.85. The van der Waals surface area contributed by atoms with Crippen LogP contribution in [0.5, 0.6) is 5.75 Å². The molecule has 0 aliphatic carbocycles. The maximum atomic E-state index is 11.6. The first kappa shape index (κ1) is 15.9. The molecule has 0 bridgehead atoms. The highest BCUT2D eigenvalue weighted by molar-refractivity contribution is 6.30. The van der Waals surface area contributed by atoms with Crippen LogP contribution in [0.25, 0.3) is 11.1 Å². The van der Waals surface area contributed by atoms with Gasteiger partial charge in [0.2, 0.25) is 5.76 Å². The second kappa shape index (κ2) is 7.47. The van der Waals surface area contributed by atoms with Crippen LogP contribution in [-0.4, -0.2) is 25.2 Å². The summed E-state index contributed by atoms with van der Waals surface area (Å²) in [6.07, 6.45) is 4.35. The minimum Gasteiger partial charge on any atom is -0.500 e. The van der Waals surface area contributed by atoms with Crippen molar-refractivity contribution in [3.63, 3.8) is 0 Å². The molecule has 5 nitrogen and oxygen atoms in total. The molecule has 0 aliphatic heterocycles. The van der Waals surface area contributed by atoms with Crippen molar-refractivity contribution in [3.8, 4) is 16.9 Å². The van der Waals surface area contributed by atoms with Gasteiger partial charge in [-0.05, 0) is 23.8 Å². The van der Waals surface area contributed by atoms with Crippen molar-refractivity contribution in [1.82, 2.24) is 4.98 Å². The number of pyridine rings is 1. The van der Waals surface area contributed by atoms with E-state index in [1.807, 2.05) is 12.1 Å². The van der Waals surface area contributed by atoms with Gasteiger partial charge in [0.15, 0.2) is 0 Å². The number of rotatable bonds is 5. The molecule has 1 aromatic heterocycles. The third-order valence-electron chi connectivity index (χ3n) is 2.73. The molecule has 2 rings (SSSR count). The summed E-state index contributed by atoms with van der Waals surface area (Å²) < 4.78 is 14.9. The number of aromatic nitrogens is 1. The van der Waals surface area contributed by atoms with Crippen molar-refractivity contribution in [2.75, 3.05) is 14.2 Å². The van der Waals surface area contributed by atoms with Crippen LogP contribution in [0.2, 0.25) is 5.02 Å². The van der Waals surface area contributed by atoms with Crippen LogP contribution in [0.3, 0.4) is 0 Å². The van der Waals surface area contributed by atoms with Crippen LogP contribution in [0, 0.1) is 0 Å². The SMILES string of the molecule is CO/C=C(/Oc1cncc(-c2ccc(Cl)cc2)c1)C(=O)OC. The summed E-state index contributed by atoms with van der Waals surface area (Å²) in [4.78, 5) is 15.7. The van der Waals surface area contributed by atoms with E-state index in [4.69, 9.17) is 21.1 Å². The molecule has 22 heavy (non-hydrogen) atoms. The van der Waals surface area contributed by atoms with E-state index in [1.165, 1.54) is 26.7 Å². The first-order valence-corrected chi connectivity index (χ1v) is 6.72. The van der Waals surface area contributed by atoms with E-state index in [0.29, 0.717) is 10.8 Å². The lowest BCUT2D eigenvalue weighted by molar-refractivity contribution is -0.138. The number of methoxy groups -OCH3 is 2. The van der Waals surface area contributed by atoms with Crippen molar-refractivity contribution < 1.29 is 19.0 Å². The van der Waals surface area contributed by atoms with Crippen molar-refractivity contribution >= 4 is 17.6 Å². The molecule has 1 heterocycles. The van der Waals surface area contributed by atoms with Crippen molar-refractivity contribution in [3.05, 3.63) is 59.8 Å². The van der Waals surface area contributed by atoms with E-state index >= 15 is 0 Å². The Hall–Kier alpha value is -2.53. The van der Waals surface area contributed by atoms with Gasteiger partial charge in [-0.2, -0.15) is 0 Å². The van der Waals surface area contributed by atoms with Crippen LogP contribution in [0.4, 0.5) is 0 Å². The highest BCUT2D eigenvalue weighted by atomic mass is 35.5. The van der Waals surface area contributed by atoms with Gasteiger partial charge in [-0.15, -0.1) is 0 Å². The molecule has 114 valence electrons. The minimum absolute atomic E-state index is 0.0694. The standard InChI is InChI=1S/C16H14ClNO4/c1-20-10-15(16(19)21-2)22-14-7-12(8-18-9-14)11-3-5-13(17)6-4-11/h3-10H,1-2H3/b15-10+. The molecule has 1 aromatic carbocycles. The number of halogens is 1. The largest absolute Gasteiger partial charge is 0.500 e. The normalized spacial score (nSPS) is 11.0. The molecule has 0 aliphatic rings. The maximum absolute atomic E-state index is 11.6. The molecular weight excluding hydrogens is 306 g/mol. The number of benzene rings is 1. The number of carbonyl (C=O) groups excluding carboxylic acids is 1. The van der Waals surface area contributed by atoms with E-state index in [9.17, 15) is 4.79 Å². The van der Waals surface area contributed by atoms with Crippen LogP contribution in [-0.2, 0) is 14.3 Å². The quantitative estimate of drug-likeness (QED) is 0.480.